The highest BCUT2D eigenvalue weighted by molar-refractivity contribution is 6.30. The van der Waals surface area contributed by atoms with Crippen molar-refractivity contribution in [3.05, 3.63) is 46.7 Å². The normalized spacial score (nSPS) is 10.1. The maximum atomic E-state index is 11.0. The number of aryl methyl sites for hydroxylation is 1. The largest absolute Gasteiger partial charge is 0.478 e. The van der Waals surface area contributed by atoms with Gasteiger partial charge in [0.25, 0.3) is 0 Å². The van der Waals surface area contributed by atoms with E-state index in [-0.39, 0.29) is 17.3 Å². The molecule has 0 bridgehead atoms. The van der Waals surface area contributed by atoms with Crippen molar-refractivity contribution in [2.45, 2.75) is 6.92 Å². The molecule has 6 heteroatoms. The van der Waals surface area contributed by atoms with Crippen LogP contribution in [0.15, 0.2) is 30.5 Å². The van der Waals surface area contributed by atoms with Crippen LogP contribution in [0.3, 0.4) is 0 Å². The van der Waals surface area contributed by atoms with E-state index in [0.717, 1.165) is 5.69 Å². The van der Waals surface area contributed by atoms with E-state index in [2.05, 4.69) is 9.97 Å². The third-order valence-corrected chi connectivity index (χ3v) is 2.38. The lowest BCUT2D eigenvalue weighted by molar-refractivity contribution is 0.0694. The summed E-state index contributed by atoms with van der Waals surface area (Å²) < 4.78 is 5.34. The average Bonchev–Trinajstić information content (AvgIpc) is 2.28. The smallest absolute Gasteiger partial charge is 0.339 e. The van der Waals surface area contributed by atoms with Gasteiger partial charge in [-0.25, -0.2) is 14.8 Å². The van der Waals surface area contributed by atoms with Gasteiger partial charge in [-0.15, -0.1) is 0 Å². The van der Waals surface area contributed by atoms with Crippen LogP contribution < -0.4 is 4.74 Å². The highest BCUT2D eigenvalue weighted by Gasteiger charge is 2.13. The average molecular weight is 265 g/mol. The van der Waals surface area contributed by atoms with E-state index in [1.165, 1.54) is 24.4 Å². The Labute approximate surface area is 108 Å². The summed E-state index contributed by atoms with van der Waals surface area (Å²) in [5, 5.41) is 9.40. The van der Waals surface area contributed by atoms with Gasteiger partial charge in [0.1, 0.15) is 11.3 Å². The van der Waals surface area contributed by atoms with Crippen molar-refractivity contribution in [1.29, 1.82) is 0 Å². The fourth-order valence-corrected chi connectivity index (χ4v) is 1.49. The van der Waals surface area contributed by atoms with Crippen molar-refractivity contribution >= 4 is 17.6 Å². The van der Waals surface area contributed by atoms with Crippen LogP contribution in [0.5, 0.6) is 11.8 Å². The minimum Gasteiger partial charge on any atom is -0.478 e. The molecule has 0 fully saturated rings. The molecule has 1 aromatic carbocycles. The van der Waals surface area contributed by atoms with Crippen molar-refractivity contribution in [1.82, 2.24) is 9.97 Å². The molecule has 0 aliphatic heterocycles. The van der Waals surface area contributed by atoms with Crippen molar-refractivity contribution in [3.63, 3.8) is 0 Å². The summed E-state index contributed by atoms with van der Waals surface area (Å²) in [6.45, 7) is 1.78. The highest BCUT2D eigenvalue weighted by atomic mass is 35.5. The molecule has 2 rings (SSSR count). The Hall–Kier alpha value is -2.14. The molecule has 0 aliphatic carbocycles. The number of nitrogens with zero attached hydrogens (tertiary/aromatic N) is 2. The van der Waals surface area contributed by atoms with Gasteiger partial charge in [-0.1, -0.05) is 11.6 Å². The lowest BCUT2D eigenvalue weighted by Crippen LogP contribution is -2.01. The van der Waals surface area contributed by atoms with Crippen LogP contribution in [0.4, 0.5) is 0 Å². The first kappa shape index (κ1) is 12.3. The SMILES string of the molecule is Cc1ccnc(Oc2cc(Cl)ccc2C(=O)O)n1. The standard InChI is InChI=1S/C12H9ClN2O3/c1-7-4-5-14-12(15-7)18-10-6-8(13)2-3-9(10)11(16)17/h2-6H,1H3,(H,16,17). The Bertz CT molecular complexity index is 602. The molecule has 1 N–H and O–H groups in total. The van der Waals surface area contributed by atoms with Gasteiger partial charge >= 0.3 is 12.0 Å². The fourth-order valence-electron chi connectivity index (χ4n) is 1.33. The quantitative estimate of drug-likeness (QED) is 0.923. The Balaban J connectivity index is 2.39. The fraction of sp³-hybridized carbons (Fsp3) is 0.0833. The second-order valence-corrected chi connectivity index (χ2v) is 3.96. The van der Waals surface area contributed by atoms with Gasteiger partial charge in [0.05, 0.1) is 0 Å². The van der Waals surface area contributed by atoms with Gasteiger partial charge in [0, 0.05) is 23.0 Å². The van der Waals surface area contributed by atoms with Crippen LogP contribution in [0, 0.1) is 6.92 Å². The van der Waals surface area contributed by atoms with E-state index >= 15 is 0 Å². The molecule has 0 radical (unpaired) electrons. The zero-order valence-corrected chi connectivity index (χ0v) is 10.2. The Kier molecular flexibility index (Phi) is 3.43. The van der Waals surface area contributed by atoms with E-state index < -0.39 is 5.97 Å². The Morgan fingerprint density at radius 3 is 2.83 bits per heavy atom. The van der Waals surface area contributed by atoms with Crippen LogP contribution in [0.25, 0.3) is 0 Å². The number of hydrogen-bond donors (Lipinski definition) is 1. The monoisotopic (exact) mass is 264 g/mol. The van der Waals surface area contributed by atoms with Gasteiger partial charge in [-0.05, 0) is 25.1 Å². The minimum atomic E-state index is -1.10. The van der Waals surface area contributed by atoms with Crippen LogP contribution in [0.2, 0.25) is 5.02 Å². The maximum Gasteiger partial charge on any atom is 0.339 e. The number of hydrogen-bond acceptors (Lipinski definition) is 4. The van der Waals surface area contributed by atoms with Crippen molar-refractivity contribution in [2.24, 2.45) is 0 Å². The molecule has 0 spiro atoms. The molecule has 1 aromatic heterocycles. The van der Waals surface area contributed by atoms with Crippen LogP contribution >= 0.6 is 11.6 Å². The van der Waals surface area contributed by atoms with Gasteiger partial charge in [-0.2, -0.15) is 0 Å². The molecule has 0 saturated heterocycles. The Morgan fingerprint density at radius 2 is 2.17 bits per heavy atom. The summed E-state index contributed by atoms with van der Waals surface area (Å²) >= 11 is 5.81. The molecule has 0 unspecified atom stereocenters. The number of rotatable bonds is 3. The number of ether oxygens (including phenoxy) is 1. The van der Waals surface area contributed by atoms with Crippen molar-refractivity contribution in [2.75, 3.05) is 0 Å². The van der Waals surface area contributed by atoms with E-state index in [0.29, 0.717) is 5.02 Å². The lowest BCUT2D eigenvalue weighted by Gasteiger charge is -2.07. The summed E-state index contributed by atoms with van der Waals surface area (Å²) in [5.41, 5.74) is 0.725. The molecule has 5 nitrogen and oxygen atoms in total. The van der Waals surface area contributed by atoms with Crippen LogP contribution in [0.1, 0.15) is 16.1 Å². The molecule has 1 heterocycles. The number of benzene rings is 1. The van der Waals surface area contributed by atoms with Crippen LogP contribution in [-0.2, 0) is 0 Å². The first-order chi connectivity index (χ1) is 8.56. The molecule has 18 heavy (non-hydrogen) atoms. The molecule has 0 amide bonds. The molecule has 92 valence electrons. The second-order valence-electron chi connectivity index (χ2n) is 3.53. The molecule has 0 atom stereocenters. The summed E-state index contributed by atoms with van der Waals surface area (Å²) in [6.07, 6.45) is 1.53. The lowest BCUT2D eigenvalue weighted by atomic mass is 10.2. The summed E-state index contributed by atoms with van der Waals surface area (Å²) in [6, 6.07) is 6.06. The summed E-state index contributed by atoms with van der Waals surface area (Å²) in [4.78, 5) is 19.0. The molecular formula is C12H9ClN2O3. The van der Waals surface area contributed by atoms with Crippen molar-refractivity contribution < 1.29 is 14.6 Å². The maximum absolute atomic E-state index is 11.0. The molecule has 2 aromatic rings. The Morgan fingerprint density at radius 1 is 1.39 bits per heavy atom. The van der Waals surface area contributed by atoms with Gasteiger partial charge in [0.15, 0.2) is 0 Å². The first-order valence-electron chi connectivity index (χ1n) is 5.06. The van der Waals surface area contributed by atoms with Gasteiger partial charge in [-0.3, -0.25) is 0 Å². The van der Waals surface area contributed by atoms with Gasteiger partial charge in [0.2, 0.25) is 0 Å². The molecular weight excluding hydrogens is 256 g/mol. The summed E-state index contributed by atoms with van der Waals surface area (Å²) in [5.74, 6) is -0.991. The van der Waals surface area contributed by atoms with E-state index in [1.54, 1.807) is 13.0 Å². The summed E-state index contributed by atoms with van der Waals surface area (Å²) in [7, 11) is 0. The van der Waals surface area contributed by atoms with E-state index in [4.69, 9.17) is 21.4 Å². The number of carbonyl (C=O) groups is 1. The first-order valence-corrected chi connectivity index (χ1v) is 5.44. The van der Waals surface area contributed by atoms with Crippen molar-refractivity contribution in [3.8, 4) is 11.8 Å². The van der Waals surface area contributed by atoms with Gasteiger partial charge < -0.3 is 9.84 Å². The third-order valence-electron chi connectivity index (χ3n) is 2.15. The number of aromatic nitrogens is 2. The minimum absolute atomic E-state index is 0.00417. The molecule has 0 aliphatic rings. The number of halogens is 1. The topological polar surface area (TPSA) is 72.3 Å². The van der Waals surface area contributed by atoms with E-state index in [9.17, 15) is 4.79 Å². The highest BCUT2D eigenvalue weighted by Crippen LogP contribution is 2.26. The zero-order chi connectivity index (χ0) is 13.1. The second kappa shape index (κ2) is 5.01. The van der Waals surface area contributed by atoms with Crippen LogP contribution in [-0.4, -0.2) is 21.0 Å². The third kappa shape index (κ3) is 2.75. The predicted octanol–water partition coefficient (Wildman–Crippen LogP) is 2.93. The number of carboxylic acid groups (broad SMARTS) is 1. The molecule has 0 saturated carbocycles. The predicted molar refractivity (Wildman–Crippen MR) is 65.3 cm³/mol. The van der Waals surface area contributed by atoms with E-state index in [1.807, 2.05) is 0 Å². The number of aromatic carboxylic acids is 1. The number of carboxylic acids is 1. The zero-order valence-electron chi connectivity index (χ0n) is 9.42.